The van der Waals surface area contributed by atoms with E-state index in [0.29, 0.717) is 5.82 Å². The second kappa shape index (κ2) is 9.10. The number of aromatic nitrogens is 1. The molecule has 2 aromatic carbocycles. The Bertz CT molecular complexity index is 920. The van der Waals surface area contributed by atoms with Gasteiger partial charge in [-0.25, -0.2) is 9.78 Å². The Morgan fingerprint density at radius 2 is 1.48 bits per heavy atom. The van der Waals surface area contributed by atoms with E-state index in [4.69, 9.17) is 0 Å². The monoisotopic (exact) mass is 387 g/mol. The summed E-state index contributed by atoms with van der Waals surface area (Å²) >= 11 is 0. The molecule has 0 unspecified atom stereocenters. The minimum absolute atomic E-state index is 0.322. The Hall–Kier alpha value is -3.54. The maximum Gasteiger partial charge on any atom is 0.324 e. The number of pyridine rings is 1. The van der Waals surface area contributed by atoms with Gasteiger partial charge in [-0.05, 0) is 67.8 Å². The van der Waals surface area contributed by atoms with Gasteiger partial charge in [-0.15, -0.1) is 0 Å². The summed E-state index contributed by atoms with van der Waals surface area (Å²) in [7, 11) is 0. The first-order valence-corrected chi connectivity index (χ1v) is 9.97. The zero-order valence-electron chi connectivity index (χ0n) is 16.3. The summed E-state index contributed by atoms with van der Waals surface area (Å²) in [5.74, 6) is 0.490. The molecule has 3 aromatic rings. The van der Waals surface area contributed by atoms with Gasteiger partial charge < -0.3 is 15.5 Å². The fourth-order valence-corrected chi connectivity index (χ4v) is 3.42. The minimum atomic E-state index is -0.322. The average molecular weight is 387 g/mol. The third kappa shape index (κ3) is 5.25. The molecule has 2 amide bonds. The van der Waals surface area contributed by atoms with Crippen molar-refractivity contribution in [3.63, 3.8) is 0 Å². The second-order valence-corrected chi connectivity index (χ2v) is 7.10. The number of hydrogen-bond acceptors (Lipinski definition) is 4. The van der Waals surface area contributed by atoms with Crippen LogP contribution in [0, 0.1) is 0 Å². The Morgan fingerprint density at radius 1 is 0.759 bits per heavy atom. The maximum atomic E-state index is 12.0. The van der Waals surface area contributed by atoms with Gasteiger partial charge in [-0.1, -0.05) is 18.2 Å². The number of rotatable bonds is 5. The molecule has 29 heavy (non-hydrogen) atoms. The highest BCUT2D eigenvalue weighted by atomic mass is 16.2. The van der Waals surface area contributed by atoms with Crippen molar-refractivity contribution >= 4 is 34.6 Å². The second-order valence-electron chi connectivity index (χ2n) is 7.10. The zero-order chi connectivity index (χ0) is 19.9. The van der Waals surface area contributed by atoms with Crippen LogP contribution in [0.2, 0.25) is 0 Å². The lowest BCUT2D eigenvalue weighted by Gasteiger charge is -2.28. The Labute approximate surface area is 171 Å². The third-order valence-electron chi connectivity index (χ3n) is 4.91. The summed E-state index contributed by atoms with van der Waals surface area (Å²) in [6.07, 6.45) is 5.59. The van der Waals surface area contributed by atoms with Gasteiger partial charge in [0.15, 0.2) is 0 Å². The van der Waals surface area contributed by atoms with Crippen LogP contribution in [0.5, 0.6) is 0 Å². The van der Waals surface area contributed by atoms with E-state index >= 15 is 0 Å². The maximum absolute atomic E-state index is 12.0. The Kier molecular flexibility index (Phi) is 5.90. The number of nitrogens with zero attached hydrogens (tertiary/aromatic N) is 2. The molecule has 6 nitrogen and oxygen atoms in total. The van der Waals surface area contributed by atoms with Gasteiger partial charge in [-0.2, -0.15) is 0 Å². The lowest BCUT2D eigenvalue weighted by atomic mass is 10.1. The fraction of sp³-hybridized carbons (Fsp3) is 0.217. The van der Waals surface area contributed by atoms with E-state index in [2.05, 4.69) is 50.1 Å². The van der Waals surface area contributed by atoms with Crippen LogP contribution in [-0.2, 0) is 0 Å². The van der Waals surface area contributed by atoms with Crippen molar-refractivity contribution < 1.29 is 4.79 Å². The van der Waals surface area contributed by atoms with Crippen molar-refractivity contribution in [1.82, 2.24) is 4.98 Å². The molecular formula is C23H25N5O. The summed E-state index contributed by atoms with van der Waals surface area (Å²) in [4.78, 5) is 18.8. The standard InChI is InChI=1S/C23H25N5O/c29-23(26-18-7-3-1-4-8-18)27-22-14-11-20(17-24-22)25-19-9-12-21(13-10-19)28-15-5-2-6-16-28/h1,3-4,7-14,17,25H,2,5-6,15-16H2,(H2,24,26,27,29). The van der Waals surface area contributed by atoms with Gasteiger partial charge >= 0.3 is 6.03 Å². The lowest BCUT2D eigenvalue weighted by Crippen LogP contribution is -2.29. The number of amides is 2. The minimum Gasteiger partial charge on any atom is -0.372 e. The molecule has 0 bridgehead atoms. The predicted octanol–water partition coefficient (Wildman–Crippen LogP) is 5.46. The highest BCUT2D eigenvalue weighted by Gasteiger charge is 2.10. The van der Waals surface area contributed by atoms with Crippen molar-refractivity contribution in [3.05, 3.63) is 72.9 Å². The van der Waals surface area contributed by atoms with Crippen LogP contribution in [0.15, 0.2) is 72.9 Å². The first kappa shape index (κ1) is 18.8. The van der Waals surface area contributed by atoms with Crippen molar-refractivity contribution in [3.8, 4) is 0 Å². The Morgan fingerprint density at radius 3 is 2.17 bits per heavy atom. The number of nitrogens with one attached hydrogen (secondary N) is 3. The summed E-state index contributed by atoms with van der Waals surface area (Å²) in [6, 6.07) is 21.1. The van der Waals surface area contributed by atoms with Gasteiger partial charge in [-0.3, -0.25) is 5.32 Å². The number of carbonyl (C=O) groups excluding carboxylic acids is 1. The molecular weight excluding hydrogens is 362 g/mol. The van der Waals surface area contributed by atoms with Gasteiger partial charge in [0.1, 0.15) is 5.82 Å². The van der Waals surface area contributed by atoms with E-state index in [0.717, 1.165) is 30.2 Å². The molecule has 148 valence electrons. The highest BCUT2D eigenvalue weighted by Crippen LogP contribution is 2.24. The lowest BCUT2D eigenvalue weighted by molar-refractivity contribution is 0.262. The van der Waals surface area contributed by atoms with E-state index in [1.54, 1.807) is 12.3 Å². The van der Waals surface area contributed by atoms with Crippen LogP contribution in [0.3, 0.4) is 0 Å². The summed E-state index contributed by atoms with van der Waals surface area (Å²) in [6.45, 7) is 2.28. The molecule has 0 radical (unpaired) electrons. The van der Waals surface area contributed by atoms with Gasteiger partial charge in [0, 0.05) is 30.2 Å². The molecule has 4 rings (SSSR count). The third-order valence-corrected chi connectivity index (χ3v) is 4.91. The van der Waals surface area contributed by atoms with Gasteiger partial charge in [0.2, 0.25) is 0 Å². The number of piperidine rings is 1. The van der Waals surface area contributed by atoms with Crippen LogP contribution >= 0.6 is 0 Å². The van der Waals surface area contributed by atoms with Crippen molar-refractivity contribution in [2.75, 3.05) is 33.9 Å². The number of benzene rings is 2. The van der Waals surface area contributed by atoms with E-state index in [-0.39, 0.29) is 6.03 Å². The molecule has 1 saturated heterocycles. The van der Waals surface area contributed by atoms with Crippen LogP contribution in [0.1, 0.15) is 19.3 Å². The van der Waals surface area contributed by atoms with Crippen molar-refractivity contribution in [1.29, 1.82) is 0 Å². The smallest absolute Gasteiger partial charge is 0.324 e. The number of anilines is 5. The van der Waals surface area contributed by atoms with Crippen molar-refractivity contribution in [2.45, 2.75) is 19.3 Å². The molecule has 0 spiro atoms. The SMILES string of the molecule is O=C(Nc1ccccc1)Nc1ccc(Nc2ccc(N3CCCCC3)cc2)cn1. The number of para-hydroxylation sites is 1. The molecule has 1 aromatic heterocycles. The van der Waals surface area contributed by atoms with E-state index < -0.39 is 0 Å². The molecule has 1 aliphatic rings. The molecule has 0 aliphatic carbocycles. The van der Waals surface area contributed by atoms with E-state index in [9.17, 15) is 4.79 Å². The first-order valence-electron chi connectivity index (χ1n) is 9.97. The molecule has 3 N–H and O–H groups in total. The molecule has 0 saturated carbocycles. The summed E-state index contributed by atoms with van der Waals surface area (Å²) in [5.41, 5.74) is 3.88. The number of urea groups is 1. The molecule has 0 atom stereocenters. The fourth-order valence-electron chi connectivity index (χ4n) is 3.42. The van der Waals surface area contributed by atoms with E-state index in [1.165, 1.54) is 24.9 Å². The average Bonchev–Trinajstić information content (AvgIpc) is 2.77. The Balaban J connectivity index is 1.31. The topological polar surface area (TPSA) is 69.3 Å². The van der Waals surface area contributed by atoms with Gasteiger partial charge in [0.25, 0.3) is 0 Å². The molecule has 2 heterocycles. The normalized spacial score (nSPS) is 13.6. The van der Waals surface area contributed by atoms with Crippen LogP contribution in [0.25, 0.3) is 0 Å². The van der Waals surface area contributed by atoms with Crippen LogP contribution in [0.4, 0.5) is 33.4 Å². The number of carbonyl (C=O) groups is 1. The quantitative estimate of drug-likeness (QED) is 0.544. The van der Waals surface area contributed by atoms with E-state index in [1.807, 2.05) is 36.4 Å². The molecule has 6 heteroatoms. The summed E-state index contributed by atoms with van der Waals surface area (Å²) < 4.78 is 0. The zero-order valence-corrected chi connectivity index (χ0v) is 16.3. The largest absolute Gasteiger partial charge is 0.372 e. The first-order chi connectivity index (χ1) is 14.3. The summed E-state index contributed by atoms with van der Waals surface area (Å²) in [5, 5.41) is 8.84. The number of hydrogen-bond donors (Lipinski definition) is 3. The van der Waals surface area contributed by atoms with Gasteiger partial charge in [0.05, 0.1) is 11.9 Å². The molecule has 1 fully saturated rings. The van der Waals surface area contributed by atoms with Crippen molar-refractivity contribution in [2.24, 2.45) is 0 Å². The van der Waals surface area contributed by atoms with Crippen LogP contribution < -0.4 is 20.9 Å². The van der Waals surface area contributed by atoms with Crippen LogP contribution in [-0.4, -0.2) is 24.1 Å². The highest BCUT2D eigenvalue weighted by molar-refractivity contribution is 5.99. The molecule has 1 aliphatic heterocycles. The predicted molar refractivity (Wildman–Crippen MR) is 119 cm³/mol.